The Kier molecular flexibility index (Phi) is 2.77. The van der Waals surface area contributed by atoms with Gasteiger partial charge in [0.25, 0.3) is 0 Å². The molecule has 2 rings (SSSR count). The van der Waals surface area contributed by atoms with E-state index >= 15 is 0 Å². The molecule has 0 N–H and O–H groups in total. The molecule has 1 aliphatic rings. The van der Waals surface area contributed by atoms with E-state index in [1.807, 2.05) is 18.2 Å². The number of unbranched alkanes of at least 4 members (excludes halogenated alkanes) is 1. The summed E-state index contributed by atoms with van der Waals surface area (Å²) in [5, 5.41) is 0. The highest BCUT2D eigenvalue weighted by Gasteiger charge is 2.13. The van der Waals surface area contributed by atoms with Gasteiger partial charge in [-0.05, 0) is 18.6 Å². The molecule has 0 saturated heterocycles. The van der Waals surface area contributed by atoms with Crippen molar-refractivity contribution >= 4 is 0 Å². The van der Waals surface area contributed by atoms with E-state index in [-0.39, 0.29) is 0 Å². The van der Waals surface area contributed by atoms with E-state index in [0.29, 0.717) is 6.79 Å². The minimum atomic E-state index is 0.313. The number of rotatable bonds is 4. The Balaban J connectivity index is 1.98. The summed E-state index contributed by atoms with van der Waals surface area (Å²) < 4.78 is 16.0. The van der Waals surface area contributed by atoms with Gasteiger partial charge in [0, 0.05) is 6.07 Å². The largest absolute Gasteiger partial charge is 0.493 e. The van der Waals surface area contributed by atoms with Crippen molar-refractivity contribution in [1.29, 1.82) is 0 Å². The van der Waals surface area contributed by atoms with E-state index in [0.717, 1.165) is 36.7 Å². The van der Waals surface area contributed by atoms with Gasteiger partial charge >= 0.3 is 0 Å². The Bertz CT molecular complexity index is 309. The monoisotopic (exact) mass is 194 g/mol. The van der Waals surface area contributed by atoms with Gasteiger partial charge in [0.2, 0.25) is 6.79 Å². The van der Waals surface area contributed by atoms with Gasteiger partial charge in [-0.2, -0.15) is 0 Å². The number of fused-ring (bicyclic) bond motifs is 1. The van der Waals surface area contributed by atoms with E-state index in [1.165, 1.54) is 0 Å². The van der Waals surface area contributed by atoms with Crippen molar-refractivity contribution < 1.29 is 14.2 Å². The second-order valence-corrected chi connectivity index (χ2v) is 3.22. The lowest BCUT2D eigenvalue weighted by molar-refractivity contribution is 0.173. The summed E-state index contributed by atoms with van der Waals surface area (Å²) in [5.74, 6) is 2.43. The lowest BCUT2D eigenvalue weighted by atomic mass is 10.3. The summed E-state index contributed by atoms with van der Waals surface area (Å²) in [6, 6.07) is 5.66. The molecule has 0 aromatic heterocycles. The van der Waals surface area contributed by atoms with Crippen molar-refractivity contribution in [2.45, 2.75) is 19.8 Å². The minimum Gasteiger partial charge on any atom is -0.493 e. The molecular formula is C11H14O3. The summed E-state index contributed by atoms with van der Waals surface area (Å²) >= 11 is 0. The van der Waals surface area contributed by atoms with E-state index < -0.39 is 0 Å². The molecule has 3 heteroatoms. The summed E-state index contributed by atoms with van der Waals surface area (Å²) in [6.07, 6.45) is 2.22. The summed E-state index contributed by atoms with van der Waals surface area (Å²) in [4.78, 5) is 0. The van der Waals surface area contributed by atoms with E-state index in [2.05, 4.69) is 6.92 Å². The highest BCUT2D eigenvalue weighted by molar-refractivity contribution is 5.46. The maximum atomic E-state index is 5.54. The maximum Gasteiger partial charge on any atom is 0.231 e. The second-order valence-electron chi connectivity index (χ2n) is 3.22. The summed E-state index contributed by atoms with van der Waals surface area (Å²) in [7, 11) is 0. The van der Waals surface area contributed by atoms with Crippen LogP contribution in [0.3, 0.4) is 0 Å². The Hall–Kier alpha value is -1.38. The fourth-order valence-corrected chi connectivity index (χ4v) is 1.30. The molecule has 0 aliphatic carbocycles. The first-order chi connectivity index (χ1) is 6.90. The minimum absolute atomic E-state index is 0.313. The lowest BCUT2D eigenvalue weighted by Gasteiger charge is -2.05. The van der Waals surface area contributed by atoms with Gasteiger partial charge in [0.1, 0.15) is 5.75 Å². The van der Waals surface area contributed by atoms with Crippen molar-refractivity contribution in [3.63, 3.8) is 0 Å². The van der Waals surface area contributed by atoms with Crippen LogP contribution in [0.1, 0.15) is 19.8 Å². The van der Waals surface area contributed by atoms with Crippen molar-refractivity contribution in [2.75, 3.05) is 13.4 Å². The van der Waals surface area contributed by atoms with Crippen LogP contribution >= 0.6 is 0 Å². The summed E-state index contributed by atoms with van der Waals surface area (Å²) in [5.41, 5.74) is 0. The number of hydrogen-bond acceptors (Lipinski definition) is 3. The van der Waals surface area contributed by atoms with Crippen LogP contribution in [-0.2, 0) is 0 Å². The highest BCUT2D eigenvalue weighted by Crippen LogP contribution is 2.35. The quantitative estimate of drug-likeness (QED) is 0.689. The van der Waals surface area contributed by atoms with Gasteiger partial charge in [0.15, 0.2) is 11.5 Å². The molecule has 0 bridgehead atoms. The summed E-state index contributed by atoms with van der Waals surface area (Å²) in [6.45, 7) is 3.22. The van der Waals surface area contributed by atoms with Crippen molar-refractivity contribution in [3.8, 4) is 17.2 Å². The lowest BCUT2D eigenvalue weighted by Crippen LogP contribution is -1.96. The molecule has 14 heavy (non-hydrogen) atoms. The first-order valence-electron chi connectivity index (χ1n) is 4.92. The zero-order chi connectivity index (χ0) is 9.80. The molecule has 0 spiro atoms. The van der Waals surface area contributed by atoms with Crippen LogP contribution in [0.2, 0.25) is 0 Å². The number of hydrogen-bond donors (Lipinski definition) is 0. The van der Waals surface area contributed by atoms with Crippen LogP contribution in [0.5, 0.6) is 17.2 Å². The van der Waals surface area contributed by atoms with Crippen LogP contribution in [0, 0.1) is 0 Å². The molecule has 76 valence electrons. The molecule has 0 fully saturated rings. The Labute approximate surface area is 83.6 Å². The normalized spacial score (nSPS) is 12.9. The second kappa shape index (κ2) is 4.22. The van der Waals surface area contributed by atoms with Crippen molar-refractivity contribution in [2.24, 2.45) is 0 Å². The molecule has 0 unspecified atom stereocenters. The van der Waals surface area contributed by atoms with Crippen LogP contribution < -0.4 is 14.2 Å². The van der Waals surface area contributed by atoms with Gasteiger partial charge in [-0.3, -0.25) is 0 Å². The fraction of sp³-hybridized carbons (Fsp3) is 0.455. The van der Waals surface area contributed by atoms with Gasteiger partial charge in [-0.25, -0.2) is 0 Å². The van der Waals surface area contributed by atoms with Crippen molar-refractivity contribution in [1.82, 2.24) is 0 Å². The highest BCUT2D eigenvalue weighted by atomic mass is 16.7. The maximum absolute atomic E-state index is 5.54. The van der Waals surface area contributed by atoms with Gasteiger partial charge in [-0.1, -0.05) is 13.3 Å². The fourth-order valence-electron chi connectivity index (χ4n) is 1.30. The predicted octanol–water partition coefficient (Wildman–Crippen LogP) is 2.59. The molecule has 1 aromatic rings. The molecule has 3 nitrogen and oxygen atoms in total. The molecule has 0 radical (unpaired) electrons. The third-order valence-electron chi connectivity index (χ3n) is 2.11. The molecule has 0 saturated carbocycles. The van der Waals surface area contributed by atoms with Gasteiger partial charge in [0.05, 0.1) is 6.61 Å². The average molecular weight is 194 g/mol. The van der Waals surface area contributed by atoms with E-state index in [9.17, 15) is 0 Å². The van der Waals surface area contributed by atoms with Crippen LogP contribution in [0.4, 0.5) is 0 Å². The van der Waals surface area contributed by atoms with Crippen molar-refractivity contribution in [3.05, 3.63) is 18.2 Å². The zero-order valence-corrected chi connectivity index (χ0v) is 8.29. The smallest absolute Gasteiger partial charge is 0.231 e. The Morgan fingerprint density at radius 2 is 2.14 bits per heavy atom. The standard InChI is InChI=1S/C11H14O3/c1-2-3-6-12-9-4-5-10-11(7-9)14-8-13-10/h4-5,7H,2-3,6,8H2,1H3. The number of ether oxygens (including phenoxy) is 3. The third kappa shape index (κ3) is 1.92. The molecule has 0 atom stereocenters. The van der Waals surface area contributed by atoms with E-state index in [1.54, 1.807) is 0 Å². The SMILES string of the molecule is CCCCOc1ccc2c(c1)OCO2. The van der Waals surface area contributed by atoms with Gasteiger partial charge in [-0.15, -0.1) is 0 Å². The van der Waals surface area contributed by atoms with Crippen LogP contribution in [0.15, 0.2) is 18.2 Å². The molecule has 0 amide bonds. The van der Waals surface area contributed by atoms with Gasteiger partial charge < -0.3 is 14.2 Å². The third-order valence-corrected chi connectivity index (χ3v) is 2.11. The average Bonchev–Trinajstić information content (AvgIpc) is 2.65. The Morgan fingerprint density at radius 3 is 3.00 bits per heavy atom. The number of benzene rings is 1. The Morgan fingerprint density at radius 1 is 1.29 bits per heavy atom. The molecule has 1 aliphatic heterocycles. The molecular weight excluding hydrogens is 180 g/mol. The first-order valence-corrected chi connectivity index (χ1v) is 4.92. The van der Waals surface area contributed by atoms with Crippen LogP contribution in [0.25, 0.3) is 0 Å². The van der Waals surface area contributed by atoms with Crippen LogP contribution in [-0.4, -0.2) is 13.4 Å². The molecule has 1 heterocycles. The first kappa shape index (κ1) is 9.19. The zero-order valence-electron chi connectivity index (χ0n) is 8.29. The topological polar surface area (TPSA) is 27.7 Å². The molecule has 1 aromatic carbocycles. The van der Waals surface area contributed by atoms with E-state index in [4.69, 9.17) is 14.2 Å². The predicted molar refractivity (Wildman–Crippen MR) is 53.0 cm³/mol.